The summed E-state index contributed by atoms with van der Waals surface area (Å²) in [7, 11) is -3.10. The number of nitrogens with zero attached hydrogens (tertiary/aromatic N) is 2. The zero-order valence-corrected chi connectivity index (χ0v) is 17.9. The molecular weight excluding hydrogens is 380 g/mol. The van der Waals surface area contributed by atoms with Crippen LogP contribution in [0.25, 0.3) is 0 Å². The van der Waals surface area contributed by atoms with Crippen LogP contribution in [0.15, 0.2) is 6.07 Å². The van der Waals surface area contributed by atoms with Gasteiger partial charge in [0.15, 0.2) is 16.4 Å². The third-order valence-electron chi connectivity index (χ3n) is 5.47. The molecule has 3 rings (SSSR count). The van der Waals surface area contributed by atoms with Gasteiger partial charge >= 0.3 is 5.97 Å². The van der Waals surface area contributed by atoms with E-state index in [0.717, 1.165) is 24.2 Å². The molecule has 8 heteroatoms. The molecule has 2 fully saturated rings. The molecule has 1 saturated heterocycles. The lowest BCUT2D eigenvalue weighted by Gasteiger charge is -2.29. The van der Waals surface area contributed by atoms with Crippen LogP contribution in [0.2, 0.25) is 0 Å². The van der Waals surface area contributed by atoms with E-state index in [2.05, 4.69) is 4.57 Å². The number of aromatic nitrogens is 1. The minimum absolute atomic E-state index is 0.0120. The van der Waals surface area contributed by atoms with E-state index < -0.39 is 15.8 Å². The van der Waals surface area contributed by atoms with Gasteiger partial charge in [0, 0.05) is 30.0 Å². The van der Waals surface area contributed by atoms with Crippen molar-refractivity contribution in [2.24, 2.45) is 5.92 Å². The second kappa shape index (κ2) is 7.89. The Morgan fingerprint density at radius 2 is 1.93 bits per heavy atom. The van der Waals surface area contributed by atoms with E-state index in [-0.39, 0.29) is 36.0 Å². The first-order chi connectivity index (χ1) is 13.1. The number of sulfone groups is 1. The summed E-state index contributed by atoms with van der Waals surface area (Å²) < 4.78 is 31.1. The van der Waals surface area contributed by atoms with E-state index in [1.165, 1.54) is 0 Å². The maximum atomic E-state index is 12.7. The molecule has 0 N–H and O–H groups in total. The van der Waals surface area contributed by atoms with Crippen LogP contribution < -0.4 is 0 Å². The molecule has 156 valence electrons. The molecule has 1 amide bonds. The number of carbonyl (C=O) groups is 2. The number of carbonyl (C=O) groups excluding carboxylic acids is 2. The lowest BCUT2D eigenvalue weighted by atomic mass is 10.1. The van der Waals surface area contributed by atoms with Gasteiger partial charge in [-0.3, -0.25) is 4.79 Å². The Morgan fingerprint density at radius 1 is 1.25 bits per heavy atom. The molecule has 2 heterocycles. The monoisotopic (exact) mass is 410 g/mol. The second-order valence-electron chi connectivity index (χ2n) is 8.46. The van der Waals surface area contributed by atoms with Gasteiger partial charge in [0.05, 0.1) is 17.1 Å². The zero-order chi connectivity index (χ0) is 20.6. The van der Waals surface area contributed by atoms with Crippen molar-refractivity contribution >= 4 is 21.7 Å². The second-order valence-corrected chi connectivity index (χ2v) is 10.7. The summed E-state index contributed by atoms with van der Waals surface area (Å²) >= 11 is 0. The van der Waals surface area contributed by atoms with Crippen LogP contribution >= 0.6 is 0 Å². The standard InChI is InChI=1S/C20H30N2O5S/c1-13(2)10-21(17-7-8-28(25,26)12-17)19(23)11-27-20(24)18-9-14(3)22(15(18)4)16-5-6-16/h9,13,16-17H,5-8,10-12H2,1-4H3/t17-/m0/s1. The first-order valence-corrected chi connectivity index (χ1v) is 11.8. The van der Waals surface area contributed by atoms with E-state index in [0.29, 0.717) is 24.6 Å². The Labute approximate surface area is 166 Å². The lowest BCUT2D eigenvalue weighted by molar-refractivity contribution is -0.137. The highest BCUT2D eigenvalue weighted by Gasteiger charge is 2.35. The van der Waals surface area contributed by atoms with Crippen molar-refractivity contribution in [3.05, 3.63) is 23.0 Å². The zero-order valence-electron chi connectivity index (χ0n) is 17.1. The van der Waals surface area contributed by atoms with Gasteiger partial charge in [-0.05, 0) is 45.1 Å². The minimum Gasteiger partial charge on any atom is -0.452 e. The Kier molecular flexibility index (Phi) is 5.89. The average molecular weight is 411 g/mol. The summed E-state index contributed by atoms with van der Waals surface area (Å²) in [6, 6.07) is 1.95. The van der Waals surface area contributed by atoms with Gasteiger partial charge < -0.3 is 14.2 Å². The molecule has 1 saturated carbocycles. The van der Waals surface area contributed by atoms with Crippen molar-refractivity contribution in [3.8, 4) is 0 Å². The largest absolute Gasteiger partial charge is 0.452 e. The van der Waals surface area contributed by atoms with Crippen molar-refractivity contribution in [2.45, 2.75) is 59.0 Å². The topological polar surface area (TPSA) is 85.7 Å². The van der Waals surface area contributed by atoms with Crippen molar-refractivity contribution in [1.82, 2.24) is 9.47 Å². The Hall–Kier alpha value is -1.83. The van der Waals surface area contributed by atoms with Crippen LogP contribution in [0.4, 0.5) is 0 Å². The molecule has 0 bridgehead atoms. The summed E-state index contributed by atoms with van der Waals surface area (Å²) in [5.41, 5.74) is 2.39. The third kappa shape index (κ3) is 4.59. The van der Waals surface area contributed by atoms with Gasteiger partial charge in [0.1, 0.15) is 0 Å². The fraction of sp³-hybridized carbons (Fsp3) is 0.700. The van der Waals surface area contributed by atoms with E-state index in [9.17, 15) is 18.0 Å². The summed E-state index contributed by atoms with van der Waals surface area (Å²) in [5, 5.41) is 0. The molecule has 0 radical (unpaired) electrons. The van der Waals surface area contributed by atoms with Crippen LogP contribution in [0.3, 0.4) is 0 Å². The SMILES string of the molecule is Cc1cc(C(=O)OCC(=O)N(CC(C)C)[C@H]2CCS(=O)(=O)C2)c(C)n1C1CC1. The van der Waals surface area contributed by atoms with Crippen molar-refractivity contribution in [3.63, 3.8) is 0 Å². The number of rotatable bonds is 7. The minimum atomic E-state index is -3.10. The maximum Gasteiger partial charge on any atom is 0.340 e. The molecule has 28 heavy (non-hydrogen) atoms. The number of hydrogen-bond acceptors (Lipinski definition) is 5. The Balaban J connectivity index is 1.65. The highest BCUT2D eigenvalue weighted by molar-refractivity contribution is 7.91. The normalized spacial score (nSPS) is 21.1. The molecular formula is C20H30N2O5S. The molecule has 0 spiro atoms. The van der Waals surface area contributed by atoms with Gasteiger partial charge in [-0.2, -0.15) is 0 Å². The van der Waals surface area contributed by atoms with Crippen LogP contribution in [0.5, 0.6) is 0 Å². The quantitative estimate of drug-likeness (QED) is 0.644. The van der Waals surface area contributed by atoms with Crippen molar-refractivity contribution < 1.29 is 22.7 Å². The van der Waals surface area contributed by atoms with E-state index in [1.807, 2.05) is 33.8 Å². The molecule has 1 atom stereocenters. The van der Waals surface area contributed by atoms with E-state index in [1.54, 1.807) is 4.90 Å². The predicted octanol–water partition coefficient (Wildman–Crippen LogP) is 2.27. The van der Waals surface area contributed by atoms with Gasteiger partial charge in [0.2, 0.25) is 0 Å². The van der Waals surface area contributed by atoms with Crippen LogP contribution in [-0.2, 0) is 19.4 Å². The maximum absolute atomic E-state index is 12.7. The Morgan fingerprint density at radius 3 is 2.46 bits per heavy atom. The molecule has 7 nitrogen and oxygen atoms in total. The van der Waals surface area contributed by atoms with Crippen LogP contribution in [-0.4, -0.2) is 60.5 Å². The third-order valence-corrected chi connectivity index (χ3v) is 7.22. The van der Waals surface area contributed by atoms with Gasteiger partial charge in [0.25, 0.3) is 5.91 Å². The van der Waals surface area contributed by atoms with Gasteiger partial charge in [-0.25, -0.2) is 13.2 Å². The predicted molar refractivity (Wildman–Crippen MR) is 106 cm³/mol. The number of hydrogen-bond donors (Lipinski definition) is 0. The molecule has 0 unspecified atom stereocenters. The van der Waals surface area contributed by atoms with E-state index >= 15 is 0 Å². The number of esters is 1. The molecule has 1 aromatic rings. The Bertz CT molecular complexity index is 867. The highest BCUT2D eigenvalue weighted by Crippen LogP contribution is 2.38. The molecule has 1 aliphatic heterocycles. The number of amides is 1. The van der Waals surface area contributed by atoms with Crippen molar-refractivity contribution in [1.29, 1.82) is 0 Å². The molecule has 1 aromatic heterocycles. The average Bonchev–Trinajstić information content (AvgIpc) is 3.30. The highest BCUT2D eigenvalue weighted by atomic mass is 32.2. The first-order valence-electron chi connectivity index (χ1n) is 9.94. The summed E-state index contributed by atoms with van der Waals surface area (Å²) in [6.45, 7) is 7.91. The van der Waals surface area contributed by atoms with E-state index in [4.69, 9.17) is 4.74 Å². The fourth-order valence-corrected chi connectivity index (χ4v) is 5.77. The van der Waals surface area contributed by atoms with Crippen LogP contribution in [0, 0.1) is 19.8 Å². The smallest absolute Gasteiger partial charge is 0.340 e. The molecule has 2 aliphatic rings. The summed E-state index contributed by atoms with van der Waals surface area (Å²) in [6.07, 6.45) is 2.69. The number of ether oxygens (including phenoxy) is 1. The first kappa shape index (κ1) is 20.9. The molecule has 0 aromatic carbocycles. The van der Waals surface area contributed by atoms with Gasteiger partial charge in [-0.1, -0.05) is 13.8 Å². The van der Waals surface area contributed by atoms with Crippen molar-refractivity contribution in [2.75, 3.05) is 24.7 Å². The fourth-order valence-electron chi connectivity index (χ4n) is 4.04. The number of aryl methyl sites for hydroxylation is 1. The van der Waals surface area contributed by atoms with Crippen LogP contribution in [0.1, 0.15) is 60.9 Å². The lowest BCUT2D eigenvalue weighted by Crippen LogP contribution is -2.45. The summed E-state index contributed by atoms with van der Waals surface area (Å²) in [5.74, 6) is -0.550. The van der Waals surface area contributed by atoms with Gasteiger partial charge in [-0.15, -0.1) is 0 Å². The summed E-state index contributed by atoms with van der Waals surface area (Å²) in [4.78, 5) is 26.9. The molecule has 1 aliphatic carbocycles.